The molecule has 0 unspecified atom stereocenters. The van der Waals surface area contributed by atoms with Crippen LogP contribution in [-0.4, -0.2) is 58.0 Å². The normalized spacial score (nSPS) is 14.2. The number of amides is 3. The number of nitrogens with one attached hydrogen (secondary N) is 2. The monoisotopic (exact) mass is 374 g/mol. The van der Waals surface area contributed by atoms with Crippen molar-refractivity contribution in [3.05, 3.63) is 0 Å². The molecule has 0 spiro atoms. The van der Waals surface area contributed by atoms with E-state index in [9.17, 15) is 24.0 Å². The van der Waals surface area contributed by atoms with Gasteiger partial charge in [0.15, 0.2) is 0 Å². The molecule has 0 saturated carbocycles. The number of hydrogen-bond donors (Lipinski definition) is 6. The van der Waals surface area contributed by atoms with E-state index in [4.69, 9.17) is 21.7 Å². The first-order valence-electron chi connectivity index (χ1n) is 8.03. The van der Waals surface area contributed by atoms with Crippen molar-refractivity contribution in [3.63, 3.8) is 0 Å². The summed E-state index contributed by atoms with van der Waals surface area (Å²) >= 11 is 0. The lowest BCUT2D eigenvalue weighted by Gasteiger charge is -2.22. The molecule has 8 N–H and O–H groups in total. The zero-order chi connectivity index (χ0) is 20.4. The molecule has 0 aliphatic heterocycles. The predicted molar refractivity (Wildman–Crippen MR) is 89.6 cm³/mol. The van der Waals surface area contributed by atoms with Crippen LogP contribution in [0, 0.1) is 5.92 Å². The lowest BCUT2D eigenvalue weighted by Crippen LogP contribution is -2.55. The van der Waals surface area contributed by atoms with Gasteiger partial charge in [0.25, 0.3) is 0 Å². The van der Waals surface area contributed by atoms with Crippen LogP contribution < -0.4 is 22.1 Å². The average Bonchev–Trinajstić information content (AvgIpc) is 2.48. The van der Waals surface area contributed by atoms with Gasteiger partial charge in [-0.3, -0.25) is 19.2 Å². The molecular weight excluding hydrogens is 348 g/mol. The topological polar surface area (TPSA) is 202 Å². The summed E-state index contributed by atoms with van der Waals surface area (Å²) in [6.45, 7) is 3.70. The zero-order valence-electron chi connectivity index (χ0n) is 14.7. The van der Waals surface area contributed by atoms with Crippen molar-refractivity contribution in [2.75, 3.05) is 0 Å². The van der Waals surface area contributed by atoms with Crippen LogP contribution in [0.25, 0.3) is 0 Å². The highest BCUT2D eigenvalue weighted by atomic mass is 16.4. The van der Waals surface area contributed by atoms with Crippen LogP contribution in [0.15, 0.2) is 0 Å². The Labute approximate surface area is 150 Å². The maximum Gasteiger partial charge on any atom is 0.326 e. The van der Waals surface area contributed by atoms with Crippen LogP contribution in [0.4, 0.5) is 0 Å². The minimum Gasteiger partial charge on any atom is -0.481 e. The smallest absolute Gasteiger partial charge is 0.326 e. The van der Waals surface area contributed by atoms with E-state index < -0.39 is 60.6 Å². The molecule has 0 aromatic rings. The van der Waals surface area contributed by atoms with E-state index in [0.717, 1.165) is 0 Å². The quantitative estimate of drug-likeness (QED) is 0.228. The Bertz CT molecular complexity index is 550. The highest BCUT2D eigenvalue weighted by molar-refractivity contribution is 5.94. The van der Waals surface area contributed by atoms with Gasteiger partial charge in [0.1, 0.15) is 12.1 Å². The number of rotatable bonds is 12. The third-order valence-electron chi connectivity index (χ3n) is 3.36. The predicted octanol–water partition coefficient (Wildman–Crippen LogP) is -1.85. The summed E-state index contributed by atoms with van der Waals surface area (Å²) in [5.74, 6) is -5.09. The van der Waals surface area contributed by atoms with Crippen LogP contribution in [0.1, 0.15) is 39.5 Å². The number of nitrogens with two attached hydrogens (primary N) is 2. The summed E-state index contributed by atoms with van der Waals surface area (Å²) in [5, 5.41) is 22.1. The van der Waals surface area contributed by atoms with E-state index >= 15 is 0 Å². The molecule has 0 saturated heterocycles. The SMILES string of the molecule is CC(C)C[C@H](N)C(=O)N[C@@H](CC(N)=O)C(=O)N[C@@H](CCC(=O)O)C(=O)O. The fourth-order valence-electron chi connectivity index (χ4n) is 2.10. The molecule has 11 nitrogen and oxygen atoms in total. The Hall–Kier alpha value is -2.69. The summed E-state index contributed by atoms with van der Waals surface area (Å²) in [4.78, 5) is 57.1. The first-order valence-corrected chi connectivity index (χ1v) is 8.03. The molecule has 0 aromatic heterocycles. The molecule has 0 aliphatic rings. The van der Waals surface area contributed by atoms with E-state index in [2.05, 4.69) is 10.6 Å². The molecule has 26 heavy (non-hydrogen) atoms. The van der Waals surface area contributed by atoms with Crippen molar-refractivity contribution >= 4 is 29.7 Å². The number of carbonyl (C=O) groups excluding carboxylic acids is 3. The van der Waals surface area contributed by atoms with Gasteiger partial charge in [-0.25, -0.2) is 4.79 Å². The van der Waals surface area contributed by atoms with Crippen molar-refractivity contribution in [1.82, 2.24) is 10.6 Å². The Morgan fingerprint density at radius 1 is 0.962 bits per heavy atom. The van der Waals surface area contributed by atoms with Gasteiger partial charge < -0.3 is 32.3 Å². The van der Waals surface area contributed by atoms with E-state index in [-0.39, 0.29) is 12.3 Å². The van der Waals surface area contributed by atoms with Gasteiger partial charge in [-0.1, -0.05) is 13.8 Å². The molecule has 0 aromatic carbocycles. The molecule has 11 heteroatoms. The minimum atomic E-state index is -1.49. The Balaban J connectivity index is 5.05. The van der Waals surface area contributed by atoms with Gasteiger partial charge in [0.2, 0.25) is 17.7 Å². The Morgan fingerprint density at radius 2 is 1.50 bits per heavy atom. The van der Waals surface area contributed by atoms with Gasteiger partial charge in [-0.05, 0) is 18.8 Å². The van der Waals surface area contributed by atoms with Gasteiger partial charge >= 0.3 is 11.9 Å². The fraction of sp³-hybridized carbons (Fsp3) is 0.667. The maximum atomic E-state index is 12.2. The Morgan fingerprint density at radius 3 is 1.92 bits per heavy atom. The van der Waals surface area contributed by atoms with Crippen LogP contribution in [0.3, 0.4) is 0 Å². The molecule has 0 fully saturated rings. The van der Waals surface area contributed by atoms with E-state index in [0.29, 0.717) is 6.42 Å². The molecule has 3 amide bonds. The van der Waals surface area contributed by atoms with E-state index in [1.807, 2.05) is 13.8 Å². The summed E-state index contributed by atoms with van der Waals surface area (Å²) in [5.41, 5.74) is 10.8. The van der Waals surface area contributed by atoms with Gasteiger partial charge in [0, 0.05) is 6.42 Å². The lowest BCUT2D eigenvalue weighted by molar-refractivity contribution is -0.143. The average molecular weight is 374 g/mol. The highest BCUT2D eigenvalue weighted by Crippen LogP contribution is 2.05. The third kappa shape index (κ3) is 9.57. The molecule has 3 atom stereocenters. The lowest BCUT2D eigenvalue weighted by atomic mass is 10.0. The number of carboxylic acid groups (broad SMARTS) is 2. The highest BCUT2D eigenvalue weighted by Gasteiger charge is 2.29. The number of hydrogen-bond acceptors (Lipinski definition) is 6. The molecule has 0 radical (unpaired) electrons. The largest absolute Gasteiger partial charge is 0.481 e. The van der Waals surface area contributed by atoms with Crippen molar-refractivity contribution in [2.45, 2.75) is 57.7 Å². The van der Waals surface area contributed by atoms with Gasteiger partial charge in [-0.15, -0.1) is 0 Å². The van der Waals surface area contributed by atoms with Gasteiger partial charge in [-0.2, -0.15) is 0 Å². The summed E-state index contributed by atoms with van der Waals surface area (Å²) in [6.07, 6.45) is -1.06. The molecule has 0 aliphatic carbocycles. The third-order valence-corrected chi connectivity index (χ3v) is 3.36. The second kappa shape index (κ2) is 11.0. The standard InChI is InChI=1S/C15H26N4O7/c1-7(2)5-8(16)13(23)19-10(6-11(17)20)14(24)18-9(15(25)26)3-4-12(21)22/h7-10H,3-6,16H2,1-2H3,(H2,17,20)(H,18,24)(H,19,23)(H,21,22)(H,25,26)/t8-,9-,10-/m0/s1. The van der Waals surface area contributed by atoms with Gasteiger partial charge in [0.05, 0.1) is 12.5 Å². The van der Waals surface area contributed by atoms with E-state index in [1.165, 1.54) is 0 Å². The maximum absolute atomic E-state index is 12.2. The Kier molecular flexibility index (Phi) is 9.89. The molecule has 0 heterocycles. The number of aliphatic carboxylic acids is 2. The molecular formula is C15H26N4O7. The second-order valence-electron chi connectivity index (χ2n) is 6.30. The van der Waals surface area contributed by atoms with E-state index in [1.54, 1.807) is 0 Å². The number of carboxylic acids is 2. The van der Waals surface area contributed by atoms with Crippen molar-refractivity contribution in [3.8, 4) is 0 Å². The van der Waals surface area contributed by atoms with Crippen molar-refractivity contribution < 1.29 is 34.2 Å². The van der Waals surface area contributed by atoms with Crippen molar-refractivity contribution in [2.24, 2.45) is 17.4 Å². The van der Waals surface area contributed by atoms with Crippen LogP contribution >= 0.6 is 0 Å². The summed E-state index contributed by atoms with van der Waals surface area (Å²) in [7, 11) is 0. The minimum absolute atomic E-state index is 0.117. The first-order chi connectivity index (χ1) is 11.9. The molecule has 0 rings (SSSR count). The van der Waals surface area contributed by atoms with Crippen LogP contribution in [-0.2, 0) is 24.0 Å². The van der Waals surface area contributed by atoms with Crippen LogP contribution in [0.5, 0.6) is 0 Å². The molecule has 0 bridgehead atoms. The molecule has 148 valence electrons. The van der Waals surface area contributed by atoms with Crippen LogP contribution in [0.2, 0.25) is 0 Å². The number of primary amides is 1. The number of carbonyl (C=O) groups is 5. The zero-order valence-corrected chi connectivity index (χ0v) is 14.7. The van der Waals surface area contributed by atoms with Crippen molar-refractivity contribution in [1.29, 1.82) is 0 Å². The first kappa shape index (κ1) is 23.3. The second-order valence-corrected chi connectivity index (χ2v) is 6.30. The summed E-state index contributed by atoms with van der Waals surface area (Å²) in [6, 6.07) is -3.82. The fourth-order valence-corrected chi connectivity index (χ4v) is 2.10. The summed E-state index contributed by atoms with van der Waals surface area (Å²) < 4.78 is 0.